The normalized spacial score (nSPS) is 17.5. The second kappa shape index (κ2) is 10.9. The molecule has 36 heavy (non-hydrogen) atoms. The minimum absolute atomic E-state index is 0.0292. The van der Waals surface area contributed by atoms with E-state index < -0.39 is 21.4 Å². The highest BCUT2D eigenvalue weighted by molar-refractivity contribution is 7.93. The number of anilines is 1. The number of halogens is 1. The average Bonchev–Trinajstić information content (AvgIpc) is 3.54. The molecule has 1 N–H and O–H groups in total. The molecule has 2 unspecified atom stereocenters. The molecule has 0 bridgehead atoms. The van der Waals surface area contributed by atoms with Crippen LogP contribution in [0.2, 0.25) is 5.02 Å². The summed E-state index contributed by atoms with van der Waals surface area (Å²) in [6, 6.07) is 5.25. The first-order chi connectivity index (χ1) is 17.3. The van der Waals surface area contributed by atoms with Crippen LogP contribution in [-0.2, 0) is 19.5 Å². The van der Waals surface area contributed by atoms with Gasteiger partial charge in [0.2, 0.25) is 16.0 Å². The van der Waals surface area contributed by atoms with Crippen molar-refractivity contribution in [2.24, 2.45) is 0 Å². The highest BCUT2D eigenvalue weighted by atomic mass is 35.5. The van der Waals surface area contributed by atoms with Gasteiger partial charge in [-0.3, -0.25) is 9.29 Å². The summed E-state index contributed by atoms with van der Waals surface area (Å²) < 4.78 is 53.4. The van der Waals surface area contributed by atoms with E-state index in [1.807, 2.05) is 0 Å². The number of nitrogens with zero attached hydrogens (tertiary/aromatic N) is 5. The van der Waals surface area contributed by atoms with Crippen molar-refractivity contribution in [3.63, 3.8) is 0 Å². The minimum Gasteiger partial charge on any atom is -0.494 e. The molecule has 1 aliphatic heterocycles. The Bertz CT molecular complexity index is 1270. The maximum Gasteiger partial charge on any atom is 0.243 e. The number of nitrogens with one attached hydrogen (secondary N) is 1. The highest BCUT2D eigenvalue weighted by Gasteiger charge is 2.36. The molecule has 194 valence electrons. The van der Waals surface area contributed by atoms with Gasteiger partial charge in [-0.1, -0.05) is 17.7 Å². The SMILES string of the molecule is COc1cccc(OC)c1-n1c(NS(=O)(=O)C(C)C(OC)c2ncc(Cl)cn2)nnc1[C@@H]1CCOC1. The molecule has 3 aromatic rings. The van der Waals surface area contributed by atoms with Gasteiger partial charge in [-0.15, -0.1) is 10.2 Å². The van der Waals surface area contributed by atoms with Gasteiger partial charge in [0.15, 0.2) is 5.82 Å². The van der Waals surface area contributed by atoms with Crippen LogP contribution in [0.3, 0.4) is 0 Å². The van der Waals surface area contributed by atoms with Crippen molar-refractivity contribution in [3.8, 4) is 17.2 Å². The van der Waals surface area contributed by atoms with Gasteiger partial charge in [-0.25, -0.2) is 18.4 Å². The van der Waals surface area contributed by atoms with Crippen molar-refractivity contribution in [3.05, 3.63) is 47.3 Å². The molecule has 0 radical (unpaired) electrons. The van der Waals surface area contributed by atoms with Crippen LogP contribution >= 0.6 is 11.6 Å². The highest BCUT2D eigenvalue weighted by Crippen LogP contribution is 2.38. The number of sulfonamides is 1. The van der Waals surface area contributed by atoms with Crippen LogP contribution in [0.15, 0.2) is 30.6 Å². The van der Waals surface area contributed by atoms with Crippen LogP contribution in [0.25, 0.3) is 5.69 Å². The fourth-order valence-electron chi connectivity index (χ4n) is 4.00. The summed E-state index contributed by atoms with van der Waals surface area (Å²) in [6.07, 6.45) is 2.49. The smallest absolute Gasteiger partial charge is 0.243 e. The van der Waals surface area contributed by atoms with E-state index in [0.717, 1.165) is 0 Å². The molecule has 1 fully saturated rings. The standard InChI is InChI=1S/C22H27ClN6O6S/c1-13(19(34-4)20-24-10-15(23)11-25-20)36(30,31)28-22-27-26-21(14-8-9-35-12-14)29(22)18-16(32-2)6-5-7-17(18)33-3/h5-7,10-11,13-14,19H,8-9,12H2,1-4H3,(H,27,28)/t13?,14-,19?/m1/s1. The largest absolute Gasteiger partial charge is 0.494 e. The predicted octanol–water partition coefficient (Wildman–Crippen LogP) is 2.75. The predicted molar refractivity (Wildman–Crippen MR) is 131 cm³/mol. The molecule has 3 heterocycles. The third-order valence-electron chi connectivity index (χ3n) is 5.91. The fraction of sp³-hybridized carbons (Fsp3) is 0.455. The lowest BCUT2D eigenvalue weighted by Crippen LogP contribution is -2.33. The van der Waals surface area contributed by atoms with E-state index >= 15 is 0 Å². The maximum absolute atomic E-state index is 13.5. The summed E-state index contributed by atoms with van der Waals surface area (Å²) in [6.45, 7) is 2.48. The lowest BCUT2D eigenvalue weighted by molar-refractivity contribution is 0.0950. The molecule has 4 rings (SSSR count). The molecule has 3 atom stereocenters. The van der Waals surface area contributed by atoms with Gasteiger partial charge in [-0.2, -0.15) is 0 Å². The van der Waals surface area contributed by atoms with E-state index in [9.17, 15) is 8.42 Å². The Morgan fingerprint density at radius 2 is 1.81 bits per heavy atom. The van der Waals surface area contributed by atoms with E-state index in [4.69, 9.17) is 30.5 Å². The molecular formula is C22H27ClN6O6S. The Labute approximate surface area is 214 Å². The number of benzene rings is 1. The number of aromatic nitrogens is 5. The van der Waals surface area contributed by atoms with Gasteiger partial charge < -0.3 is 18.9 Å². The molecule has 0 spiro atoms. The van der Waals surface area contributed by atoms with Crippen molar-refractivity contribution >= 4 is 27.6 Å². The first-order valence-corrected chi connectivity index (χ1v) is 13.0. The van der Waals surface area contributed by atoms with Gasteiger partial charge in [0.25, 0.3) is 0 Å². The fourth-order valence-corrected chi connectivity index (χ4v) is 5.22. The van der Waals surface area contributed by atoms with Crippen LogP contribution in [-0.4, -0.2) is 72.9 Å². The van der Waals surface area contributed by atoms with Gasteiger partial charge in [0.1, 0.15) is 34.4 Å². The molecular weight excluding hydrogens is 512 g/mol. The zero-order valence-corrected chi connectivity index (χ0v) is 21.8. The Kier molecular flexibility index (Phi) is 7.93. The van der Waals surface area contributed by atoms with Crippen molar-refractivity contribution in [2.75, 3.05) is 39.3 Å². The minimum atomic E-state index is -4.09. The first kappa shape index (κ1) is 26.1. The third-order valence-corrected chi connectivity index (χ3v) is 7.79. The van der Waals surface area contributed by atoms with Crippen LogP contribution in [0.1, 0.15) is 37.0 Å². The number of hydrogen-bond donors (Lipinski definition) is 1. The van der Waals surface area contributed by atoms with Gasteiger partial charge >= 0.3 is 0 Å². The number of rotatable bonds is 10. The van der Waals surface area contributed by atoms with E-state index in [2.05, 4.69) is 24.9 Å². The van der Waals surface area contributed by atoms with Crippen LogP contribution in [0, 0.1) is 0 Å². The van der Waals surface area contributed by atoms with Gasteiger partial charge in [0.05, 0.1) is 25.8 Å². The Morgan fingerprint density at radius 3 is 2.36 bits per heavy atom. The summed E-state index contributed by atoms with van der Waals surface area (Å²) in [4.78, 5) is 8.24. The summed E-state index contributed by atoms with van der Waals surface area (Å²) in [5.41, 5.74) is 0.462. The van der Waals surface area contributed by atoms with E-state index in [0.29, 0.717) is 47.7 Å². The zero-order valence-electron chi connectivity index (χ0n) is 20.2. The van der Waals surface area contributed by atoms with Crippen LogP contribution in [0.5, 0.6) is 11.5 Å². The second-order valence-electron chi connectivity index (χ2n) is 8.06. The molecule has 0 amide bonds. The number of methoxy groups -OCH3 is 3. The number of para-hydroxylation sites is 1. The molecule has 12 nitrogen and oxygen atoms in total. The van der Waals surface area contributed by atoms with Crippen molar-refractivity contribution in [1.82, 2.24) is 24.7 Å². The lowest BCUT2D eigenvalue weighted by atomic mass is 10.1. The summed E-state index contributed by atoms with van der Waals surface area (Å²) >= 11 is 5.87. The van der Waals surface area contributed by atoms with Crippen LogP contribution < -0.4 is 14.2 Å². The zero-order chi connectivity index (χ0) is 25.9. The maximum atomic E-state index is 13.5. The quantitative estimate of drug-likeness (QED) is 0.409. The molecule has 2 aromatic heterocycles. The van der Waals surface area contributed by atoms with E-state index in [-0.39, 0.29) is 17.7 Å². The monoisotopic (exact) mass is 538 g/mol. The number of ether oxygens (including phenoxy) is 4. The Balaban J connectivity index is 1.77. The second-order valence-corrected chi connectivity index (χ2v) is 10.5. The van der Waals surface area contributed by atoms with Crippen molar-refractivity contribution < 1.29 is 27.4 Å². The molecule has 0 saturated carbocycles. The summed E-state index contributed by atoms with van der Waals surface area (Å²) in [7, 11) is 0.329. The van der Waals surface area contributed by atoms with Gasteiger partial charge in [-0.05, 0) is 25.5 Å². The van der Waals surface area contributed by atoms with Crippen molar-refractivity contribution in [1.29, 1.82) is 0 Å². The molecule has 1 saturated heterocycles. The molecule has 0 aliphatic carbocycles. The summed E-state index contributed by atoms with van der Waals surface area (Å²) in [5, 5.41) is 7.74. The van der Waals surface area contributed by atoms with Crippen molar-refractivity contribution in [2.45, 2.75) is 30.6 Å². The van der Waals surface area contributed by atoms with E-state index in [1.165, 1.54) is 40.6 Å². The number of hydrogen-bond acceptors (Lipinski definition) is 10. The lowest BCUT2D eigenvalue weighted by Gasteiger charge is -2.23. The Morgan fingerprint density at radius 1 is 1.14 bits per heavy atom. The van der Waals surface area contributed by atoms with Gasteiger partial charge in [0, 0.05) is 32.0 Å². The average molecular weight is 539 g/mol. The first-order valence-electron chi connectivity index (χ1n) is 11.1. The summed E-state index contributed by atoms with van der Waals surface area (Å²) in [5.74, 6) is 1.47. The third kappa shape index (κ3) is 5.09. The molecule has 1 aliphatic rings. The Hall–Kier alpha value is -3.00. The molecule has 14 heteroatoms. The van der Waals surface area contributed by atoms with Crippen LogP contribution in [0.4, 0.5) is 5.95 Å². The molecule has 1 aromatic carbocycles. The van der Waals surface area contributed by atoms with E-state index in [1.54, 1.807) is 22.8 Å². The topological polar surface area (TPSA) is 140 Å².